The van der Waals surface area contributed by atoms with Crippen molar-refractivity contribution in [2.24, 2.45) is 16.2 Å². The predicted molar refractivity (Wildman–Crippen MR) is 68.7 cm³/mol. The fourth-order valence-corrected chi connectivity index (χ4v) is 1.59. The van der Waals surface area contributed by atoms with Crippen molar-refractivity contribution in [3.05, 3.63) is 0 Å². The second-order valence-corrected chi connectivity index (χ2v) is 8.30. The van der Waals surface area contributed by atoms with E-state index >= 15 is 0 Å². The van der Waals surface area contributed by atoms with E-state index in [-0.39, 0.29) is 0 Å². The summed E-state index contributed by atoms with van der Waals surface area (Å²) in [6, 6.07) is 0. The van der Waals surface area contributed by atoms with Crippen LogP contribution in [0.15, 0.2) is 0 Å². The predicted octanol–water partition coefficient (Wildman–Crippen LogP) is 5.52. The molecule has 0 nitrogen and oxygen atoms in total. The first-order valence-corrected chi connectivity index (χ1v) is 5.71. The maximum absolute atomic E-state index is 2.29. The van der Waals surface area contributed by atoms with Crippen molar-refractivity contribution in [2.45, 2.75) is 75.7 Å². The summed E-state index contributed by atoms with van der Waals surface area (Å²) in [4.78, 5) is 0. The maximum atomic E-state index is 2.29. The SMILES string of the molecule is CC(C)(C)C.CC(C)(C)CC(C)(C)C. The van der Waals surface area contributed by atoms with Crippen LogP contribution in [0, 0.1) is 16.2 Å². The van der Waals surface area contributed by atoms with Crippen LogP contribution >= 0.6 is 0 Å². The van der Waals surface area contributed by atoms with Gasteiger partial charge < -0.3 is 0 Å². The van der Waals surface area contributed by atoms with Gasteiger partial charge in [0.15, 0.2) is 0 Å². The van der Waals surface area contributed by atoms with Crippen LogP contribution in [0.2, 0.25) is 0 Å². The third-order valence-electron chi connectivity index (χ3n) is 1.06. The number of hydrogen-bond acceptors (Lipinski definition) is 0. The molecule has 0 aliphatic heterocycles. The quantitative estimate of drug-likeness (QED) is 0.483. The van der Waals surface area contributed by atoms with Gasteiger partial charge in [-0.2, -0.15) is 0 Å². The van der Waals surface area contributed by atoms with Crippen LogP contribution < -0.4 is 0 Å². The summed E-state index contributed by atoms with van der Waals surface area (Å²) in [6.45, 7) is 22.5. The van der Waals surface area contributed by atoms with Gasteiger partial charge in [0.2, 0.25) is 0 Å². The minimum atomic E-state index is 0.484. The van der Waals surface area contributed by atoms with Crippen LogP contribution in [0.1, 0.15) is 75.7 Å². The molecule has 0 fully saturated rings. The van der Waals surface area contributed by atoms with Crippen LogP contribution in [-0.4, -0.2) is 0 Å². The molecule has 88 valence electrons. The van der Waals surface area contributed by atoms with E-state index < -0.39 is 0 Å². The second kappa shape index (κ2) is 5.19. The Bertz CT molecular complexity index is 115. The first-order valence-electron chi connectivity index (χ1n) is 5.71. The van der Waals surface area contributed by atoms with Gasteiger partial charge in [-0.15, -0.1) is 0 Å². The van der Waals surface area contributed by atoms with E-state index in [0.29, 0.717) is 16.2 Å². The summed E-state index contributed by atoms with van der Waals surface area (Å²) < 4.78 is 0. The molecule has 0 bridgehead atoms. The topological polar surface area (TPSA) is 0 Å². The molecule has 0 heterocycles. The lowest BCUT2D eigenvalue weighted by Crippen LogP contribution is -2.16. The largest absolute Gasteiger partial charge is 0.0604 e. The lowest BCUT2D eigenvalue weighted by Gasteiger charge is -2.28. The van der Waals surface area contributed by atoms with Crippen molar-refractivity contribution in [3.63, 3.8) is 0 Å². The Balaban J connectivity index is 0. The second-order valence-electron chi connectivity index (χ2n) is 8.30. The molecule has 0 aromatic carbocycles. The summed E-state index contributed by atoms with van der Waals surface area (Å²) in [6.07, 6.45) is 1.29. The highest BCUT2D eigenvalue weighted by Crippen LogP contribution is 2.31. The Kier molecular flexibility index (Phi) is 6.09. The first kappa shape index (κ1) is 16.4. The van der Waals surface area contributed by atoms with Gasteiger partial charge >= 0.3 is 0 Å². The van der Waals surface area contributed by atoms with Gasteiger partial charge in [0.1, 0.15) is 0 Å². The van der Waals surface area contributed by atoms with E-state index in [1.807, 2.05) is 0 Å². The average Bonchev–Trinajstić information content (AvgIpc) is 1.42. The molecule has 0 amide bonds. The highest BCUT2D eigenvalue weighted by Gasteiger charge is 2.20. The molecule has 0 rings (SSSR count). The fraction of sp³-hybridized carbons (Fsp3) is 1.00. The first-order chi connectivity index (χ1) is 5.71. The molecular formula is C14H32. The van der Waals surface area contributed by atoms with Gasteiger partial charge in [-0.3, -0.25) is 0 Å². The van der Waals surface area contributed by atoms with Gasteiger partial charge in [0.05, 0.1) is 0 Å². The summed E-state index contributed by atoms with van der Waals surface area (Å²) in [5.41, 5.74) is 1.47. The van der Waals surface area contributed by atoms with Crippen LogP contribution in [-0.2, 0) is 0 Å². The average molecular weight is 200 g/mol. The molecule has 0 heteroatoms. The zero-order valence-corrected chi connectivity index (χ0v) is 12.2. The Morgan fingerprint density at radius 1 is 0.500 bits per heavy atom. The highest BCUT2D eigenvalue weighted by atomic mass is 14.3. The van der Waals surface area contributed by atoms with E-state index in [0.717, 1.165) is 0 Å². The molecule has 0 N–H and O–H groups in total. The van der Waals surface area contributed by atoms with Crippen molar-refractivity contribution in [2.75, 3.05) is 0 Å². The van der Waals surface area contributed by atoms with Crippen molar-refractivity contribution in [1.82, 2.24) is 0 Å². The standard InChI is InChI=1S/C9H20.C5H12/c1-8(2,3)7-9(4,5)6;1-5(2,3)4/h7H2,1-6H3;1-4H3. The molecule has 0 aliphatic rings. The lowest BCUT2D eigenvalue weighted by atomic mass is 9.78. The summed E-state index contributed by atoms with van der Waals surface area (Å²) in [5.74, 6) is 0. The fourth-order valence-electron chi connectivity index (χ4n) is 1.59. The third-order valence-corrected chi connectivity index (χ3v) is 1.06. The zero-order chi connectivity index (χ0) is 12.2. The molecule has 0 atom stereocenters. The Labute approximate surface area is 92.5 Å². The lowest BCUT2D eigenvalue weighted by molar-refractivity contribution is 0.233. The van der Waals surface area contributed by atoms with Crippen LogP contribution in [0.3, 0.4) is 0 Å². The molecule has 0 aromatic heterocycles. The molecule has 14 heavy (non-hydrogen) atoms. The van der Waals surface area contributed by atoms with E-state index in [4.69, 9.17) is 0 Å². The van der Waals surface area contributed by atoms with Crippen LogP contribution in [0.4, 0.5) is 0 Å². The zero-order valence-electron chi connectivity index (χ0n) is 12.2. The molecule has 0 unspecified atom stereocenters. The third kappa shape index (κ3) is 40.3. The van der Waals surface area contributed by atoms with E-state index in [2.05, 4.69) is 69.2 Å². The van der Waals surface area contributed by atoms with Crippen molar-refractivity contribution in [3.8, 4) is 0 Å². The van der Waals surface area contributed by atoms with Gasteiger partial charge in [-0.25, -0.2) is 0 Å². The Hall–Kier alpha value is 0. The van der Waals surface area contributed by atoms with Gasteiger partial charge in [0.25, 0.3) is 0 Å². The van der Waals surface area contributed by atoms with E-state index in [1.54, 1.807) is 0 Å². The minimum absolute atomic E-state index is 0.484. The number of rotatable bonds is 0. The summed E-state index contributed by atoms with van der Waals surface area (Å²) >= 11 is 0. The van der Waals surface area contributed by atoms with Crippen molar-refractivity contribution < 1.29 is 0 Å². The highest BCUT2D eigenvalue weighted by molar-refractivity contribution is 4.71. The molecule has 0 aliphatic carbocycles. The Morgan fingerprint density at radius 2 is 0.643 bits per heavy atom. The molecule has 0 radical (unpaired) electrons. The van der Waals surface area contributed by atoms with Gasteiger partial charge in [0, 0.05) is 0 Å². The number of hydrogen-bond donors (Lipinski definition) is 0. The van der Waals surface area contributed by atoms with Gasteiger partial charge in [-0.1, -0.05) is 69.2 Å². The van der Waals surface area contributed by atoms with Gasteiger partial charge in [-0.05, 0) is 22.7 Å². The van der Waals surface area contributed by atoms with Crippen molar-refractivity contribution >= 4 is 0 Å². The van der Waals surface area contributed by atoms with Crippen LogP contribution in [0.5, 0.6) is 0 Å². The molecule has 0 saturated carbocycles. The van der Waals surface area contributed by atoms with E-state index in [9.17, 15) is 0 Å². The summed E-state index contributed by atoms with van der Waals surface area (Å²) in [5, 5.41) is 0. The molecule has 0 saturated heterocycles. The van der Waals surface area contributed by atoms with Crippen LogP contribution in [0.25, 0.3) is 0 Å². The maximum Gasteiger partial charge on any atom is -0.0378 e. The molecular weight excluding hydrogens is 168 g/mol. The summed E-state index contributed by atoms with van der Waals surface area (Å²) in [7, 11) is 0. The normalized spacial score (nSPS) is 13.3. The smallest absolute Gasteiger partial charge is 0.0378 e. The van der Waals surface area contributed by atoms with E-state index in [1.165, 1.54) is 6.42 Å². The minimum Gasteiger partial charge on any atom is -0.0604 e. The van der Waals surface area contributed by atoms with Crippen molar-refractivity contribution in [1.29, 1.82) is 0 Å². The molecule has 0 spiro atoms. The molecule has 0 aromatic rings. The Morgan fingerprint density at radius 3 is 0.643 bits per heavy atom. The monoisotopic (exact) mass is 200 g/mol.